The molecule has 1 heterocycles. The molecule has 1 aliphatic carbocycles. The predicted molar refractivity (Wildman–Crippen MR) is 154 cm³/mol. The summed E-state index contributed by atoms with van der Waals surface area (Å²) in [6.45, 7) is 2.34. The minimum atomic E-state index is -0.547. The molecule has 3 amide bonds. The highest BCUT2D eigenvalue weighted by Crippen LogP contribution is 2.38. The van der Waals surface area contributed by atoms with Crippen LogP contribution in [-0.4, -0.2) is 44.1 Å². The van der Waals surface area contributed by atoms with Crippen molar-refractivity contribution >= 4 is 28.9 Å². The van der Waals surface area contributed by atoms with E-state index in [4.69, 9.17) is 9.15 Å². The predicted octanol–water partition coefficient (Wildman–Crippen LogP) is 5.84. The molecule has 212 valence electrons. The SMILES string of the molecule is CNC(=O)c1c(-c2ccc(F)cc2)oc2cc(CCNC(=O)OC)c(-c3cccc(C(=O)NC4(C)CCC4)c3)cc12. The molecule has 8 nitrogen and oxygen atoms in total. The number of carbonyl (C=O) groups is 3. The maximum Gasteiger partial charge on any atom is 0.406 e. The van der Waals surface area contributed by atoms with Crippen LogP contribution in [0.25, 0.3) is 33.4 Å². The fourth-order valence-electron chi connectivity index (χ4n) is 5.19. The number of fused-ring (bicyclic) bond motifs is 1. The van der Waals surface area contributed by atoms with Gasteiger partial charge in [0.25, 0.3) is 11.8 Å². The number of halogens is 1. The molecule has 1 aliphatic rings. The van der Waals surface area contributed by atoms with Gasteiger partial charge in [0.15, 0.2) is 0 Å². The minimum absolute atomic E-state index is 0.142. The molecule has 0 atom stereocenters. The van der Waals surface area contributed by atoms with Gasteiger partial charge in [-0.3, -0.25) is 9.59 Å². The molecular weight excluding hydrogens is 525 g/mol. The first kappa shape index (κ1) is 27.9. The number of ether oxygens (including phenoxy) is 1. The van der Waals surface area contributed by atoms with E-state index in [1.165, 1.54) is 26.3 Å². The number of rotatable bonds is 8. The zero-order chi connectivity index (χ0) is 29.1. The Bertz CT molecular complexity index is 1620. The number of hydrogen-bond donors (Lipinski definition) is 3. The number of alkyl carbamates (subject to hydrolysis) is 1. The third kappa shape index (κ3) is 5.79. The Balaban J connectivity index is 1.63. The van der Waals surface area contributed by atoms with Crippen LogP contribution in [0, 0.1) is 5.82 Å². The van der Waals surface area contributed by atoms with Crippen molar-refractivity contribution in [2.24, 2.45) is 0 Å². The molecule has 0 bridgehead atoms. The molecule has 1 saturated carbocycles. The maximum absolute atomic E-state index is 13.7. The van der Waals surface area contributed by atoms with E-state index in [0.29, 0.717) is 39.8 Å². The summed E-state index contributed by atoms with van der Waals surface area (Å²) in [5, 5.41) is 9.09. The first-order chi connectivity index (χ1) is 19.7. The molecule has 5 rings (SSSR count). The van der Waals surface area contributed by atoms with Crippen molar-refractivity contribution in [2.45, 2.75) is 38.1 Å². The van der Waals surface area contributed by atoms with Gasteiger partial charge < -0.3 is 25.1 Å². The number of methoxy groups -OCH3 is 1. The summed E-state index contributed by atoms with van der Waals surface area (Å²) in [4.78, 5) is 37.9. The maximum atomic E-state index is 13.7. The summed E-state index contributed by atoms with van der Waals surface area (Å²) in [7, 11) is 2.83. The van der Waals surface area contributed by atoms with E-state index in [9.17, 15) is 18.8 Å². The highest BCUT2D eigenvalue weighted by Gasteiger charge is 2.33. The average Bonchev–Trinajstić information content (AvgIpc) is 3.34. The topological polar surface area (TPSA) is 110 Å². The van der Waals surface area contributed by atoms with Crippen LogP contribution in [0.2, 0.25) is 0 Å². The number of amides is 3. The van der Waals surface area contributed by atoms with Gasteiger partial charge >= 0.3 is 6.09 Å². The number of nitrogens with one attached hydrogen (secondary N) is 3. The lowest BCUT2D eigenvalue weighted by Crippen LogP contribution is -2.50. The molecule has 0 radical (unpaired) electrons. The van der Waals surface area contributed by atoms with Crippen LogP contribution in [0.3, 0.4) is 0 Å². The van der Waals surface area contributed by atoms with Crippen LogP contribution in [0.15, 0.2) is 65.1 Å². The zero-order valence-electron chi connectivity index (χ0n) is 23.2. The van der Waals surface area contributed by atoms with E-state index in [1.54, 1.807) is 18.2 Å². The molecule has 0 unspecified atom stereocenters. The summed E-state index contributed by atoms with van der Waals surface area (Å²) in [6.07, 6.45) is 2.88. The van der Waals surface area contributed by atoms with Gasteiger partial charge in [0.05, 0.1) is 12.7 Å². The van der Waals surface area contributed by atoms with Gasteiger partial charge in [-0.15, -0.1) is 0 Å². The van der Waals surface area contributed by atoms with Crippen LogP contribution >= 0.6 is 0 Å². The summed E-state index contributed by atoms with van der Waals surface area (Å²) < 4.78 is 24.6. The number of carbonyl (C=O) groups excluding carboxylic acids is 3. The Kier molecular flexibility index (Phi) is 7.79. The van der Waals surface area contributed by atoms with Gasteiger partial charge in [-0.2, -0.15) is 0 Å². The molecule has 9 heteroatoms. The van der Waals surface area contributed by atoms with Gasteiger partial charge in [-0.1, -0.05) is 12.1 Å². The zero-order valence-corrected chi connectivity index (χ0v) is 23.2. The van der Waals surface area contributed by atoms with E-state index in [-0.39, 0.29) is 23.9 Å². The van der Waals surface area contributed by atoms with Gasteiger partial charge in [-0.05, 0) is 97.8 Å². The van der Waals surface area contributed by atoms with Gasteiger partial charge in [0.2, 0.25) is 0 Å². The van der Waals surface area contributed by atoms with Gasteiger partial charge in [0.1, 0.15) is 17.2 Å². The smallest absolute Gasteiger partial charge is 0.406 e. The Morgan fingerprint density at radius 3 is 2.41 bits per heavy atom. The van der Waals surface area contributed by atoms with Crippen LogP contribution in [0.4, 0.5) is 9.18 Å². The third-order valence-corrected chi connectivity index (χ3v) is 7.63. The first-order valence-corrected chi connectivity index (χ1v) is 13.5. The Hall–Kier alpha value is -4.66. The molecule has 0 saturated heterocycles. The molecule has 41 heavy (non-hydrogen) atoms. The minimum Gasteiger partial charge on any atom is -0.455 e. The van der Waals surface area contributed by atoms with Crippen molar-refractivity contribution in [3.63, 3.8) is 0 Å². The first-order valence-electron chi connectivity index (χ1n) is 13.5. The second-order valence-corrected chi connectivity index (χ2v) is 10.5. The summed E-state index contributed by atoms with van der Waals surface area (Å²) in [5.74, 6) is -0.575. The highest BCUT2D eigenvalue weighted by molar-refractivity contribution is 6.12. The fraction of sp³-hybridized carbons (Fsp3) is 0.281. The molecule has 3 N–H and O–H groups in total. The van der Waals surface area contributed by atoms with E-state index < -0.39 is 11.9 Å². The van der Waals surface area contributed by atoms with Crippen molar-refractivity contribution in [1.29, 1.82) is 0 Å². The van der Waals surface area contributed by atoms with E-state index in [0.717, 1.165) is 36.0 Å². The lowest BCUT2D eigenvalue weighted by molar-refractivity contribution is 0.0849. The molecule has 1 aromatic heterocycles. The third-order valence-electron chi connectivity index (χ3n) is 7.63. The van der Waals surface area contributed by atoms with Crippen LogP contribution < -0.4 is 16.0 Å². The van der Waals surface area contributed by atoms with E-state index in [1.807, 2.05) is 30.3 Å². The molecule has 0 aliphatic heterocycles. The van der Waals surface area contributed by atoms with Crippen molar-refractivity contribution in [2.75, 3.05) is 20.7 Å². The summed E-state index contributed by atoms with van der Waals surface area (Å²) >= 11 is 0. The normalized spacial score (nSPS) is 13.8. The lowest BCUT2D eigenvalue weighted by atomic mass is 9.78. The average molecular weight is 558 g/mol. The van der Waals surface area contributed by atoms with Crippen LogP contribution in [0.5, 0.6) is 0 Å². The van der Waals surface area contributed by atoms with Crippen molar-refractivity contribution in [1.82, 2.24) is 16.0 Å². The number of benzene rings is 3. The molecule has 3 aromatic carbocycles. The van der Waals surface area contributed by atoms with Crippen molar-refractivity contribution in [3.8, 4) is 22.5 Å². The van der Waals surface area contributed by atoms with E-state index >= 15 is 0 Å². The Morgan fingerprint density at radius 2 is 1.76 bits per heavy atom. The summed E-state index contributed by atoms with van der Waals surface area (Å²) in [6, 6.07) is 16.8. The second-order valence-electron chi connectivity index (χ2n) is 10.5. The van der Waals surface area contributed by atoms with Crippen molar-refractivity contribution < 1.29 is 27.9 Å². The Labute approximate surface area is 237 Å². The molecule has 4 aromatic rings. The molecule has 0 spiro atoms. The van der Waals surface area contributed by atoms with E-state index in [2.05, 4.69) is 22.9 Å². The Morgan fingerprint density at radius 1 is 1.00 bits per heavy atom. The highest BCUT2D eigenvalue weighted by atomic mass is 19.1. The van der Waals surface area contributed by atoms with Crippen LogP contribution in [-0.2, 0) is 11.2 Å². The largest absolute Gasteiger partial charge is 0.455 e. The number of furan rings is 1. The van der Waals surface area contributed by atoms with Gasteiger partial charge in [-0.25, -0.2) is 9.18 Å². The second kappa shape index (κ2) is 11.4. The fourth-order valence-corrected chi connectivity index (χ4v) is 5.19. The molecule has 1 fully saturated rings. The monoisotopic (exact) mass is 557 g/mol. The van der Waals surface area contributed by atoms with Crippen LogP contribution in [0.1, 0.15) is 52.5 Å². The van der Waals surface area contributed by atoms with Crippen molar-refractivity contribution in [3.05, 3.63) is 83.2 Å². The van der Waals surface area contributed by atoms with Gasteiger partial charge in [0, 0.05) is 35.6 Å². The molecular formula is C32H32FN3O5. The quantitative estimate of drug-likeness (QED) is 0.252. The summed E-state index contributed by atoms with van der Waals surface area (Å²) in [5.41, 5.74) is 4.07. The number of hydrogen-bond acceptors (Lipinski definition) is 5. The standard InChI is InChI=1S/C32H32FN3O5/c1-32(13-5-14-32)36-29(37)22-7-4-6-20(16-22)24-18-25-26(17-21(24)12-15-35-31(39)40-3)41-28(27(25)30(38)34-2)19-8-10-23(33)11-9-19/h4,6-11,16-18H,5,12-15H2,1-3H3,(H,34,38)(H,35,39)(H,36,37). The lowest BCUT2D eigenvalue weighted by Gasteiger charge is -2.39.